The molecule has 0 aromatic rings. The minimum atomic E-state index is -0.803. The average molecular weight is 837 g/mol. The van der Waals surface area contributed by atoms with Crippen LogP contribution in [0.15, 0.2) is 72.9 Å². The van der Waals surface area contributed by atoms with Crippen LogP contribution in [-0.2, 0) is 28.6 Å². The molecular formula is C54H92O6. The minimum absolute atomic E-state index is 0.0983. The molecule has 0 rings (SSSR count). The van der Waals surface area contributed by atoms with Crippen LogP contribution in [0.2, 0.25) is 0 Å². The third-order valence-electron chi connectivity index (χ3n) is 10.5. The van der Waals surface area contributed by atoms with E-state index in [0.717, 1.165) is 83.5 Å². The molecule has 0 bridgehead atoms. The van der Waals surface area contributed by atoms with Crippen LogP contribution in [0, 0.1) is 0 Å². The lowest BCUT2D eigenvalue weighted by molar-refractivity contribution is -0.167. The van der Waals surface area contributed by atoms with Gasteiger partial charge in [-0.2, -0.15) is 0 Å². The maximum atomic E-state index is 12.7. The lowest BCUT2D eigenvalue weighted by atomic mass is 10.0. The van der Waals surface area contributed by atoms with E-state index in [0.29, 0.717) is 19.3 Å². The molecule has 1 unspecified atom stereocenters. The standard InChI is InChI=1S/C54H92O6/c1-4-7-10-13-16-19-22-25-26-27-28-30-32-35-38-41-44-47-53(56)59-50-51(49-58-52(55)46-43-40-37-34-31-24-21-18-15-12-9-6-3)60-54(57)48-45-42-39-36-33-29-23-20-17-14-11-8-5-2/h8,11,14,17,20,23,25-26,28,30,35,38,51H,4-7,9-10,12-13,15-16,18-19,21-22,24,27,29,31-34,36-37,39-50H2,1-3H3/b11-8-,17-14-,23-20-,26-25-,30-28-,38-35-. The highest BCUT2D eigenvalue weighted by molar-refractivity contribution is 5.71. The van der Waals surface area contributed by atoms with Gasteiger partial charge in [0.1, 0.15) is 13.2 Å². The van der Waals surface area contributed by atoms with E-state index in [1.54, 1.807) is 0 Å². The topological polar surface area (TPSA) is 78.9 Å². The molecule has 344 valence electrons. The predicted molar refractivity (Wildman–Crippen MR) is 256 cm³/mol. The number of esters is 3. The highest BCUT2D eigenvalue weighted by Crippen LogP contribution is 2.14. The van der Waals surface area contributed by atoms with Gasteiger partial charge in [-0.05, 0) is 70.6 Å². The molecule has 0 aromatic heterocycles. The Hall–Kier alpha value is -3.15. The molecule has 1 atom stereocenters. The summed E-state index contributed by atoms with van der Waals surface area (Å²) in [4.78, 5) is 37.9. The molecule has 0 heterocycles. The fraction of sp³-hybridized carbons (Fsp3) is 0.722. The van der Waals surface area contributed by atoms with Crippen molar-refractivity contribution in [2.24, 2.45) is 0 Å². The molecule has 0 fully saturated rings. The third-order valence-corrected chi connectivity index (χ3v) is 10.5. The van der Waals surface area contributed by atoms with Crippen LogP contribution in [0.4, 0.5) is 0 Å². The molecule has 0 saturated heterocycles. The van der Waals surface area contributed by atoms with Gasteiger partial charge in [0.2, 0.25) is 0 Å². The fourth-order valence-corrected chi connectivity index (χ4v) is 6.75. The van der Waals surface area contributed by atoms with Gasteiger partial charge in [-0.25, -0.2) is 0 Å². The molecule has 0 aromatic carbocycles. The Morgan fingerprint density at radius 3 is 1.22 bits per heavy atom. The molecule has 0 aliphatic rings. The number of hydrogen-bond acceptors (Lipinski definition) is 6. The molecule has 0 N–H and O–H groups in total. The molecule has 0 amide bonds. The van der Waals surface area contributed by atoms with Gasteiger partial charge in [0.05, 0.1) is 0 Å². The second kappa shape index (κ2) is 48.5. The van der Waals surface area contributed by atoms with Gasteiger partial charge < -0.3 is 14.2 Å². The average Bonchev–Trinajstić information content (AvgIpc) is 3.24. The van der Waals surface area contributed by atoms with Crippen LogP contribution >= 0.6 is 0 Å². The summed E-state index contributed by atoms with van der Waals surface area (Å²) in [5, 5.41) is 0. The minimum Gasteiger partial charge on any atom is -0.462 e. The Morgan fingerprint density at radius 2 is 0.733 bits per heavy atom. The van der Waals surface area contributed by atoms with Crippen LogP contribution in [0.3, 0.4) is 0 Å². The second-order valence-electron chi connectivity index (χ2n) is 16.4. The first-order chi connectivity index (χ1) is 29.5. The molecule has 0 aliphatic heterocycles. The van der Waals surface area contributed by atoms with Gasteiger partial charge in [-0.1, -0.05) is 216 Å². The molecule has 0 saturated carbocycles. The maximum Gasteiger partial charge on any atom is 0.306 e. The van der Waals surface area contributed by atoms with Crippen LogP contribution in [0.25, 0.3) is 0 Å². The van der Waals surface area contributed by atoms with Crippen molar-refractivity contribution in [1.29, 1.82) is 0 Å². The van der Waals surface area contributed by atoms with Crippen LogP contribution < -0.4 is 0 Å². The van der Waals surface area contributed by atoms with Crippen molar-refractivity contribution in [3.8, 4) is 0 Å². The summed E-state index contributed by atoms with van der Waals surface area (Å²) in [6, 6.07) is 0. The van der Waals surface area contributed by atoms with Crippen LogP contribution in [-0.4, -0.2) is 37.2 Å². The number of carbonyl (C=O) groups is 3. The summed E-state index contributed by atoms with van der Waals surface area (Å²) >= 11 is 0. The number of rotatable bonds is 44. The van der Waals surface area contributed by atoms with E-state index < -0.39 is 6.10 Å². The van der Waals surface area contributed by atoms with Crippen molar-refractivity contribution in [3.05, 3.63) is 72.9 Å². The van der Waals surface area contributed by atoms with Gasteiger partial charge in [0, 0.05) is 19.3 Å². The monoisotopic (exact) mass is 837 g/mol. The molecule has 0 radical (unpaired) electrons. The van der Waals surface area contributed by atoms with Crippen molar-refractivity contribution >= 4 is 17.9 Å². The second-order valence-corrected chi connectivity index (χ2v) is 16.4. The smallest absolute Gasteiger partial charge is 0.306 e. The first-order valence-electron chi connectivity index (χ1n) is 25.0. The largest absolute Gasteiger partial charge is 0.462 e. The molecule has 0 aliphatic carbocycles. The van der Waals surface area contributed by atoms with E-state index in [2.05, 4.69) is 93.7 Å². The van der Waals surface area contributed by atoms with Gasteiger partial charge in [-0.15, -0.1) is 0 Å². The Bertz CT molecular complexity index is 1140. The Morgan fingerprint density at radius 1 is 0.367 bits per heavy atom. The first kappa shape index (κ1) is 56.9. The van der Waals surface area contributed by atoms with Crippen LogP contribution in [0.5, 0.6) is 0 Å². The summed E-state index contributed by atoms with van der Waals surface area (Å²) in [5.41, 5.74) is 0. The number of ether oxygens (including phenoxy) is 3. The highest BCUT2D eigenvalue weighted by Gasteiger charge is 2.19. The van der Waals surface area contributed by atoms with Crippen molar-refractivity contribution in [2.45, 2.75) is 239 Å². The Balaban J connectivity index is 4.47. The van der Waals surface area contributed by atoms with Crippen molar-refractivity contribution in [1.82, 2.24) is 0 Å². The van der Waals surface area contributed by atoms with E-state index in [4.69, 9.17) is 14.2 Å². The summed E-state index contributed by atoms with van der Waals surface area (Å²) in [6.45, 7) is 6.43. The Kier molecular flexibility index (Phi) is 46.0. The van der Waals surface area contributed by atoms with E-state index >= 15 is 0 Å². The Labute approximate surface area is 370 Å². The number of allylic oxidation sites excluding steroid dienone is 12. The summed E-state index contributed by atoms with van der Waals surface area (Å²) < 4.78 is 16.7. The fourth-order valence-electron chi connectivity index (χ4n) is 6.75. The number of hydrogen-bond donors (Lipinski definition) is 0. The zero-order chi connectivity index (χ0) is 43.7. The van der Waals surface area contributed by atoms with Crippen molar-refractivity contribution in [2.75, 3.05) is 13.2 Å². The van der Waals surface area contributed by atoms with Crippen molar-refractivity contribution in [3.63, 3.8) is 0 Å². The van der Waals surface area contributed by atoms with Crippen LogP contribution in [0.1, 0.15) is 233 Å². The SMILES string of the molecule is CC\C=C/C=C\C=C/CCCCCCCC(=O)OC(COC(=O)CCC/C=C\C/C=C\C/C=C\CCCCCCCC)COC(=O)CCCCCCCCCCCCCC. The first-order valence-corrected chi connectivity index (χ1v) is 25.0. The summed E-state index contributed by atoms with van der Waals surface area (Å²) in [7, 11) is 0. The predicted octanol–water partition coefficient (Wildman–Crippen LogP) is 16.3. The third kappa shape index (κ3) is 45.9. The van der Waals surface area contributed by atoms with Gasteiger partial charge in [-0.3, -0.25) is 14.4 Å². The van der Waals surface area contributed by atoms with E-state index in [1.807, 2.05) is 0 Å². The lowest BCUT2D eigenvalue weighted by Gasteiger charge is -2.18. The zero-order valence-electron chi connectivity index (χ0n) is 39.2. The molecule has 60 heavy (non-hydrogen) atoms. The molecule has 6 nitrogen and oxygen atoms in total. The summed E-state index contributed by atoms with van der Waals surface area (Å²) in [5.74, 6) is -0.974. The number of unbranched alkanes of at least 4 members (excludes halogenated alkanes) is 23. The molecule has 6 heteroatoms. The van der Waals surface area contributed by atoms with Gasteiger partial charge in [0.25, 0.3) is 0 Å². The van der Waals surface area contributed by atoms with E-state index in [1.165, 1.54) is 103 Å². The number of carbonyl (C=O) groups excluding carboxylic acids is 3. The van der Waals surface area contributed by atoms with E-state index in [9.17, 15) is 14.4 Å². The van der Waals surface area contributed by atoms with E-state index in [-0.39, 0.29) is 37.5 Å². The van der Waals surface area contributed by atoms with Gasteiger partial charge in [0.15, 0.2) is 6.10 Å². The zero-order valence-corrected chi connectivity index (χ0v) is 39.2. The molecular weight excluding hydrogens is 745 g/mol. The van der Waals surface area contributed by atoms with Crippen molar-refractivity contribution < 1.29 is 28.6 Å². The summed E-state index contributed by atoms with van der Waals surface area (Å²) in [6.07, 6.45) is 60.3. The quantitative estimate of drug-likeness (QED) is 0.0200. The lowest BCUT2D eigenvalue weighted by Crippen LogP contribution is -2.30. The van der Waals surface area contributed by atoms with Gasteiger partial charge >= 0.3 is 17.9 Å². The highest BCUT2D eigenvalue weighted by atomic mass is 16.6. The molecule has 0 spiro atoms. The normalized spacial score (nSPS) is 12.7. The maximum absolute atomic E-state index is 12.7.